The largest absolute Gasteiger partial charge is 0.464 e. The molecule has 2 aromatic heterocycles. The number of nitrogens with zero attached hydrogens (tertiary/aromatic N) is 5. The molecule has 0 N–H and O–H groups in total. The molecule has 0 saturated carbocycles. The van der Waals surface area contributed by atoms with Crippen LogP contribution in [0.15, 0.2) is 59.6 Å². The first-order valence-corrected chi connectivity index (χ1v) is 15.8. The maximum absolute atomic E-state index is 13.9. The molecule has 42 heavy (non-hydrogen) atoms. The third-order valence-corrected chi connectivity index (χ3v) is 9.23. The van der Waals surface area contributed by atoms with Gasteiger partial charge >= 0.3 is 5.97 Å². The van der Waals surface area contributed by atoms with Gasteiger partial charge in [0.05, 0.1) is 35.9 Å². The molecule has 2 aromatic carbocycles. The number of carbonyl (C=O) groups excluding carboxylic acids is 1. The van der Waals surface area contributed by atoms with E-state index >= 15 is 0 Å². The number of carbonyl (C=O) groups is 1. The maximum Gasteiger partial charge on any atom is 0.326 e. The van der Waals surface area contributed by atoms with Gasteiger partial charge in [0.25, 0.3) is 10.0 Å². The van der Waals surface area contributed by atoms with Gasteiger partial charge in [0.15, 0.2) is 11.6 Å². The Morgan fingerprint density at radius 2 is 1.71 bits per heavy atom. The predicted molar refractivity (Wildman–Crippen MR) is 163 cm³/mol. The summed E-state index contributed by atoms with van der Waals surface area (Å²) in [5.74, 6) is 0.740. The van der Waals surface area contributed by atoms with E-state index in [1.54, 1.807) is 12.1 Å². The number of halogens is 2. The van der Waals surface area contributed by atoms with E-state index < -0.39 is 22.5 Å². The van der Waals surface area contributed by atoms with Crippen molar-refractivity contribution >= 4 is 61.6 Å². The Morgan fingerprint density at radius 1 is 1.02 bits per heavy atom. The third-order valence-electron chi connectivity index (χ3n) is 7.06. The molecule has 3 heterocycles. The molecule has 0 bridgehead atoms. The average molecular weight is 633 g/mol. The normalized spacial score (nSPS) is 13.9. The molecule has 0 aliphatic carbocycles. The van der Waals surface area contributed by atoms with Gasteiger partial charge in [-0.15, -0.1) is 10.2 Å². The van der Waals surface area contributed by atoms with Crippen LogP contribution in [0.3, 0.4) is 0 Å². The molecule has 1 saturated heterocycles. The van der Waals surface area contributed by atoms with E-state index in [9.17, 15) is 13.2 Å². The van der Waals surface area contributed by atoms with Crippen LogP contribution in [0.2, 0.25) is 10.0 Å². The number of aromatic nitrogens is 3. The number of rotatable bonds is 10. The van der Waals surface area contributed by atoms with Crippen LogP contribution in [0.4, 0.5) is 11.5 Å². The highest BCUT2D eigenvalue weighted by Crippen LogP contribution is 2.34. The summed E-state index contributed by atoms with van der Waals surface area (Å²) in [7, 11) is -4.26. The van der Waals surface area contributed by atoms with Gasteiger partial charge in [-0.2, -0.15) is 0 Å². The zero-order chi connectivity index (χ0) is 29.9. The number of fused-ring (bicyclic) bond motifs is 1. The Labute approximate surface area is 254 Å². The summed E-state index contributed by atoms with van der Waals surface area (Å²) in [6, 6.07) is 13.2. The first kappa shape index (κ1) is 30.1. The predicted octanol–water partition coefficient (Wildman–Crippen LogP) is 5.41. The summed E-state index contributed by atoms with van der Waals surface area (Å²) < 4.78 is 41.6. The van der Waals surface area contributed by atoms with E-state index in [1.165, 1.54) is 18.2 Å². The zero-order valence-electron chi connectivity index (χ0n) is 23.3. The minimum Gasteiger partial charge on any atom is -0.464 e. The first-order valence-electron chi connectivity index (χ1n) is 13.6. The first-order chi connectivity index (χ1) is 20.2. The van der Waals surface area contributed by atoms with Gasteiger partial charge in [-0.25, -0.2) is 8.42 Å². The van der Waals surface area contributed by atoms with Crippen LogP contribution in [-0.2, 0) is 24.3 Å². The van der Waals surface area contributed by atoms with Crippen LogP contribution < -0.4 is 9.21 Å². The van der Waals surface area contributed by atoms with Crippen LogP contribution >= 0.6 is 23.2 Å². The molecule has 13 heteroatoms. The van der Waals surface area contributed by atoms with Crippen LogP contribution in [-0.4, -0.2) is 68.6 Å². The number of hydrogen-bond acceptors (Lipinski definition) is 8. The monoisotopic (exact) mass is 631 g/mol. The number of aryl methyl sites for hydroxylation is 1. The Hall–Kier alpha value is -3.38. The molecular weight excluding hydrogens is 601 g/mol. The summed E-state index contributed by atoms with van der Waals surface area (Å²) in [5.41, 5.74) is 1.79. The van der Waals surface area contributed by atoms with Gasteiger partial charge in [0, 0.05) is 34.7 Å². The fourth-order valence-electron chi connectivity index (χ4n) is 4.83. The highest BCUT2D eigenvalue weighted by atomic mass is 35.5. The van der Waals surface area contributed by atoms with Crippen LogP contribution in [0, 0.1) is 6.92 Å². The summed E-state index contributed by atoms with van der Waals surface area (Å²) in [4.78, 5) is 14.8. The number of unbranched alkanes of at least 4 members (excludes halogenated alkanes) is 1. The number of benzene rings is 2. The van der Waals surface area contributed by atoms with Crippen molar-refractivity contribution in [3.8, 4) is 5.82 Å². The Bertz CT molecular complexity index is 1670. The zero-order valence-corrected chi connectivity index (χ0v) is 25.6. The van der Waals surface area contributed by atoms with E-state index in [0.717, 1.165) is 40.5 Å². The molecule has 0 unspecified atom stereocenters. The second-order valence-corrected chi connectivity index (χ2v) is 12.6. The molecule has 0 atom stereocenters. The lowest BCUT2D eigenvalue weighted by Gasteiger charge is -2.27. The minimum atomic E-state index is -4.26. The fourth-order valence-corrected chi connectivity index (χ4v) is 7.02. The van der Waals surface area contributed by atoms with E-state index in [0.29, 0.717) is 36.7 Å². The van der Waals surface area contributed by atoms with Crippen molar-refractivity contribution in [3.05, 3.63) is 70.3 Å². The fraction of sp³-hybridized carbons (Fsp3) is 0.345. The van der Waals surface area contributed by atoms with E-state index in [4.69, 9.17) is 32.7 Å². The van der Waals surface area contributed by atoms with Crippen molar-refractivity contribution in [3.63, 3.8) is 0 Å². The van der Waals surface area contributed by atoms with E-state index in [-0.39, 0.29) is 21.5 Å². The van der Waals surface area contributed by atoms with Crippen molar-refractivity contribution < 1.29 is 22.7 Å². The lowest BCUT2D eigenvalue weighted by Crippen LogP contribution is -2.37. The van der Waals surface area contributed by atoms with E-state index in [1.807, 2.05) is 42.8 Å². The molecular formula is C29H31Cl2N5O5S. The molecule has 1 aliphatic heterocycles. The van der Waals surface area contributed by atoms with Gasteiger partial charge in [-0.1, -0.05) is 36.5 Å². The third kappa shape index (κ3) is 6.34. The Kier molecular flexibility index (Phi) is 9.22. The summed E-state index contributed by atoms with van der Waals surface area (Å²) in [5, 5.41) is 9.97. The van der Waals surface area contributed by atoms with Crippen LogP contribution in [0.1, 0.15) is 25.3 Å². The second kappa shape index (κ2) is 12.9. The quantitative estimate of drug-likeness (QED) is 0.169. The molecule has 1 fully saturated rings. The lowest BCUT2D eigenvalue weighted by molar-refractivity contribution is -0.141. The van der Waals surface area contributed by atoms with Crippen molar-refractivity contribution in [1.82, 2.24) is 14.8 Å². The average Bonchev–Trinajstić information content (AvgIpc) is 3.42. The van der Waals surface area contributed by atoms with Crippen molar-refractivity contribution in [2.45, 2.75) is 31.6 Å². The molecule has 0 amide bonds. The standard InChI is InChI=1S/C29H31Cl2N5O5S/c1-3-4-13-41-29(37)19-36(42(38,39)23-17-21(30)16-22(31)18-23)25-5-6-26-24(20(25)2)9-10-35(26)28-8-7-27(32-33-28)34-11-14-40-15-12-34/h5-10,16-18H,3-4,11-15,19H2,1-2H3. The SMILES string of the molecule is CCCCOC(=O)CN(c1ccc2c(ccn2-c2ccc(N3CCOCC3)nn2)c1C)S(=O)(=O)c1cc(Cl)cc(Cl)c1. The Balaban J connectivity index is 1.52. The minimum absolute atomic E-state index is 0.131. The second-order valence-electron chi connectivity index (χ2n) is 9.87. The summed E-state index contributed by atoms with van der Waals surface area (Å²) in [6.45, 7) is 6.30. The van der Waals surface area contributed by atoms with Gasteiger partial charge < -0.3 is 14.4 Å². The number of anilines is 2. The number of ether oxygens (including phenoxy) is 2. The number of hydrogen-bond donors (Lipinski definition) is 0. The van der Waals surface area contributed by atoms with Gasteiger partial charge in [0.2, 0.25) is 0 Å². The summed E-state index contributed by atoms with van der Waals surface area (Å²) in [6.07, 6.45) is 3.37. The summed E-state index contributed by atoms with van der Waals surface area (Å²) >= 11 is 12.3. The van der Waals surface area contributed by atoms with Gasteiger partial charge in [-0.05, 0) is 67.4 Å². The number of sulfonamides is 1. The van der Waals surface area contributed by atoms with Gasteiger partial charge in [0.1, 0.15) is 6.54 Å². The highest BCUT2D eigenvalue weighted by Gasteiger charge is 2.30. The number of morpholine rings is 1. The molecule has 4 aromatic rings. The van der Waals surface area contributed by atoms with Crippen LogP contribution in [0.5, 0.6) is 0 Å². The van der Waals surface area contributed by atoms with Crippen molar-refractivity contribution in [1.29, 1.82) is 0 Å². The highest BCUT2D eigenvalue weighted by molar-refractivity contribution is 7.92. The van der Waals surface area contributed by atoms with Crippen molar-refractivity contribution in [2.24, 2.45) is 0 Å². The molecule has 5 rings (SSSR count). The van der Waals surface area contributed by atoms with Crippen LogP contribution in [0.25, 0.3) is 16.7 Å². The van der Waals surface area contributed by atoms with Crippen molar-refractivity contribution in [2.75, 3.05) is 48.7 Å². The smallest absolute Gasteiger partial charge is 0.326 e. The molecule has 1 aliphatic rings. The maximum atomic E-state index is 13.9. The Morgan fingerprint density at radius 3 is 2.38 bits per heavy atom. The van der Waals surface area contributed by atoms with E-state index in [2.05, 4.69) is 15.1 Å². The molecule has 0 radical (unpaired) electrons. The molecule has 10 nitrogen and oxygen atoms in total. The molecule has 0 spiro atoms. The molecule has 222 valence electrons. The van der Waals surface area contributed by atoms with Gasteiger partial charge in [-0.3, -0.25) is 13.7 Å². The lowest BCUT2D eigenvalue weighted by atomic mass is 10.1. The topological polar surface area (TPSA) is 107 Å². The number of esters is 1.